The molecule has 194 valence electrons. The maximum absolute atomic E-state index is 13.4. The predicted molar refractivity (Wildman–Crippen MR) is 131 cm³/mol. The van der Waals surface area contributed by atoms with Gasteiger partial charge in [0.1, 0.15) is 6.04 Å². The Morgan fingerprint density at radius 3 is 2.39 bits per heavy atom. The first-order valence-electron chi connectivity index (χ1n) is 11.9. The highest BCUT2D eigenvalue weighted by Gasteiger charge is 2.42. The van der Waals surface area contributed by atoms with E-state index in [1.165, 1.54) is 45.6 Å². The van der Waals surface area contributed by atoms with Crippen molar-refractivity contribution in [2.24, 2.45) is 5.41 Å². The number of likely N-dealkylation sites (tertiary alicyclic amines) is 1. The second-order valence-corrected chi connectivity index (χ2v) is 12.4. The Labute approximate surface area is 210 Å². The number of hydrogen-bond acceptors (Lipinski definition) is 4. The second kappa shape index (κ2) is 9.55. The standard InChI is InChI=1S/C26H31F2N3O4S/c1-25(2)16-30(17-25)36(34,35)21-7-4-6-19(14-21)24(33)31-13-5-8-22(31)23(32)29-15-18-9-11-20(12-10-18)26(3,27)28/h4,6-7,9-12,14,22H,5,8,13,15-17H2,1-3H3,(H,29,32)/t22-/m1/s1. The van der Waals surface area contributed by atoms with Crippen LogP contribution in [0, 0.1) is 5.41 Å². The van der Waals surface area contributed by atoms with Gasteiger partial charge in [-0.1, -0.05) is 44.2 Å². The van der Waals surface area contributed by atoms with Crippen LogP contribution in [0.15, 0.2) is 53.4 Å². The molecule has 2 amide bonds. The molecule has 2 aromatic rings. The average molecular weight is 520 g/mol. The van der Waals surface area contributed by atoms with Gasteiger partial charge >= 0.3 is 0 Å². The molecule has 10 heteroatoms. The van der Waals surface area contributed by atoms with Crippen molar-refractivity contribution >= 4 is 21.8 Å². The highest BCUT2D eigenvalue weighted by atomic mass is 32.2. The van der Waals surface area contributed by atoms with E-state index in [-0.39, 0.29) is 33.9 Å². The van der Waals surface area contributed by atoms with Crippen molar-refractivity contribution in [2.75, 3.05) is 19.6 Å². The minimum atomic E-state index is -3.70. The van der Waals surface area contributed by atoms with Crippen molar-refractivity contribution in [2.45, 2.75) is 57.0 Å². The quantitative estimate of drug-likeness (QED) is 0.604. The van der Waals surface area contributed by atoms with Crippen molar-refractivity contribution in [1.29, 1.82) is 0 Å². The molecule has 4 rings (SSSR count). The zero-order valence-corrected chi connectivity index (χ0v) is 21.4. The molecule has 1 atom stereocenters. The Morgan fingerprint density at radius 2 is 1.78 bits per heavy atom. The predicted octanol–water partition coefficient (Wildman–Crippen LogP) is 3.75. The van der Waals surface area contributed by atoms with E-state index in [0.29, 0.717) is 38.0 Å². The first kappa shape index (κ1) is 26.2. The average Bonchev–Trinajstić information content (AvgIpc) is 3.30. The van der Waals surface area contributed by atoms with Crippen molar-refractivity contribution in [3.8, 4) is 0 Å². The van der Waals surface area contributed by atoms with E-state index in [9.17, 15) is 26.8 Å². The van der Waals surface area contributed by atoms with E-state index in [1.807, 2.05) is 13.8 Å². The second-order valence-electron chi connectivity index (χ2n) is 10.4. The molecule has 0 aliphatic carbocycles. The van der Waals surface area contributed by atoms with Gasteiger partial charge in [-0.2, -0.15) is 4.31 Å². The number of halogens is 2. The molecule has 0 saturated carbocycles. The third-order valence-corrected chi connectivity index (χ3v) is 8.46. The Kier molecular flexibility index (Phi) is 6.96. The molecule has 2 fully saturated rings. The maximum Gasteiger partial charge on any atom is 0.270 e. The summed E-state index contributed by atoms with van der Waals surface area (Å²) in [5, 5.41) is 2.79. The number of sulfonamides is 1. The summed E-state index contributed by atoms with van der Waals surface area (Å²) < 4.78 is 54.1. The van der Waals surface area contributed by atoms with Crippen molar-refractivity contribution in [3.05, 3.63) is 65.2 Å². The molecule has 2 saturated heterocycles. The zero-order valence-electron chi connectivity index (χ0n) is 20.6. The zero-order chi connectivity index (χ0) is 26.3. The summed E-state index contributed by atoms with van der Waals surface area (Å²) >= 11 is 0. The molecule has 0 radical (unpaired) electrons. The number of alkyl halides is 2. The van der Waals surface area contributed by atoms with E-state index >= 15 is 0 Å². The summed E-state index contributed by atoms with van der Waals surface area (Å²) in [5.41, 5.74) is 0.706. The van der Waals surface area contributed by atoms with Crippen LogP contribution < -0.4 is 5.32 Å². The topological polar surface area (TPSA) is 86.8 Å². The van der Waals surface area contributed by atoms with Gasteiger partial charge in [-0.05, 0) is 42.0 Å². The lowest BCUT2D eigenvalue weighted by Crippen LogP contribution is -2.55. The third kappa shape index (κ3) is 5.44. The number of nitrogens with one attached hydrogen (secondary N) is 1. The van der Waals surface area contributed by atoms with Crippen LogP contribution in [0.3, 0.4) is 0 Å². The minimum absolute atomic E-state index is 0.0603. The number of rotatable bonds is 7. The van der Waals surface area contributed by atoms with Crippen molar-refractivity contribution in [1.82, 2.24) is 14.5 Å². The Bertz CT molecular complexity index is 1250. The number of amides is 2. The number of benzene rings is 2. The molecular formula is C26H31F2N3O4S. The molecule has 0 bridgehead atoms. The molecule has 2 aliphatic rings. The van der Waals surface area contributed by atoms with E-state index < -0.39 is 27.9 Å². The van der Waals surface area contributed by atoms with Gasteiger partial charge in [-0.25, -0.2) is 17.2 Å². The Morgan fingerprint density at radius 1 is 1.11 bits per heavy atom. The summed E-state index contributed by atoms with van der Waals surface area (Å²) in [6, 6.07) is 11.0. The van der Waals surface area contributed by atoms with Crippen molar-refractivity contribution in [3.63, 3.8) is 0 Å². The molecule has 2 heterocycles. The van der Waals surface area contributed by atoms with Crippen LogP contribution in [0.1, 0.15) is 55.1 Å². The largest absolute Gasteiger partial charge is 0.350 e. The van der Waals surface area contributed by atoms with Crippen LogP contribution >= 0.6 is 0 Å². The van der Waals surface area contributed by atoms with E-state index in [1.54, 1.807) is 12.1 Å². The fourth-order valence-corrected chi connectivity index (χ4v) is 6.55. The Hall–Kier alpha value is -2.85. The highest BCUT2D eigenvalue weighted by molar-refractivity contribution is 7.89. The fraction of sp³-hybridized carbons (Fsp3) is 0.462. The SMILES string of the molecule is CC1(C)CN(S(=O)(=O)c2cccc(C(=O)N3CCC[C@@H]3C(=O)NCc3ccc(C(C)(F)F)cc3)c2)C1. The lowest BCUT2D eigenvalue weighted by atomic mass is 9.87. The minimum Gasteiger partial charge on any atom is -0.350 e. The lowest BCUT2D eigenvalue weighted by Gasteiger charge is -2.44. The molecule has 0 aromatic heterocycles. The highest BCUT2D eigenvalue weighted by Crippen LogP contribution is 2.34. The summed E-state index contributed by atoms with van der Waals surface area (Å²) in [6.07, 6.45) is 1.13. The number of carbonyl (C=O) groups is 2. The molecule has 7 nitrogen and oxygen atoms in total. The number of nitrogens with zero attached hydrogens (tertiary/aromatic N) is 2. The summed E-state index contributed by atoms with van der Waals surface area (Å²) in [7, 11) is -3.70. The Balaban J connectivity index is 1.42. The van der Waals surface area contributed by atoms with Gasteiger partial charge in [-0.3, -0.25) is 9.59 Å². The molecule has 0 spiro atoms. The van der Waals surface area contributed by atoms with Gasteiger partial charge < -0.3 is 10.2 Å². The first-order chi connectivity index (χ1) is 16.8. The van der Waals surface area contributed by atoms with Crippen LogP contribution in [-0.4, -0.2) is 55.1 Å². The van der Waals surface area contributed by atoms with Crippen LogP contribution in [0.4, 0.5) is 8.78 Å². The van der Waals surface area contributed by atoms with Crippen LogP contribution in [0.25, 0.3) is 0 Å². The van der Waals surface area contributed by atoms with E-state index in [2.05, 4.69) is 5.32 Å². The number of hydrogen-bond donors (Lipinski definition) is 1. The summed E-state index contributed by atoms with van der Waals surface area (Å²) in [4.78, 5) is 27.7. The molecule has 2 aromatic carbocycles. The fourth-order valence-electron chi connectivity index (χ4n) is 4.69. The van der Waals surface area contributed by atoms with Crippen LogP contribution in [-0.2, 0) is 27.3 Å². The van der Waals surface area contributed by atoms with Gasteiger partial charge in [0.25, 0.3) is 11.8 Å². The van der Waals surface area contributed by atoms with E-state index in [4.69, 9.17) is 0 Å². The third-order valence-electron chi connectivity index (χ3n) is 6.67. The van der Waals surface area contributed by atoms with E-state index in [0.717, 1.165) is 6.92 Å². The van der Waals surface area contributed by atoms with Gasteiger partial charge in [0.2, 0.25) is 15.9 Å². The van der Waals surface area contributed by atoms with Gasteiger partial charge in [0.15, 0.2) is 0 Å². The number of carbonyl (C=O) groups excluding carboxylic acids is 2. The van der Waals surface area contributed by atoms with Crippen molar-refractivity contribution < 1.29 is 26.8 Å². The molecule has 0 unspecified atom stereocenters. The molecule has 1 N–H and O–H groups in total. The smallest absolute Gasteiger partial charge is 0.270 e. The lowest BCUT2D eigenvalue weighted by molar-refractivity contribution is -0.125. The van der Waals surface area contributed by atoms with Gasteiger partial charge in [-0.15, -0.1) is 0 Å². The maximum atomic E-state index is 13.4. The molecule has 2 aliphatic heterocycles. The van der Waals surface area contributed by atoms with Gasteiger partial charge in [0.05, 0.1) is 4.90 Å². The molecular weight excluding hydrogens is 488 g/mol. The summed E-state index contributed by atoms with van der Waals surface area (Å²) in [5.74, 6) is -3.67. The normalized spacial score (nSPS) is 20.1. The monoisotopic (exact) mass is 519 g/mol. The summed E-state index contributed by atoms with van der Waals surface area (Å²) in [6.45, 7) is 6.19. The van der Waals surface area contributed by atoms with Crippen LogP contribution in [0.5, 0.6) is 0 Å². The first-order valence-corrected chi connectivity index (χ1v) is 13.4. The van der Waals surface area contributed by atoms with Crippen LogP contribution in [0.2, 0.25) is 0 Å². The molecule has 36 heavy (non-hydrogen) atoms. The van der Waals surface area contributed by atoms with Gasteiger partial charge in [0, 0.05) is 44.2 Å².